The van der Waals surface area contributed by atoms with Gasteiger partial charge in [-0.15, -0.1) is 0 Å². The monoisotopic (exact) mass is 367 g/mol. The van der Waals surface area contributed by atoms with Gasteiger partial charge in [-0.25, -0.2) is 0 Å². The van der Waals surface area contributed by atoms with Gasteiger partial charge in [0.2, 0.25) is 5.89 Å². The van der Waals surface area contributed by atoms with Crippen molar-refractivity contribution < 1.29 is 14.4 Å². The van der Waals surface area contributed by atoms with E-state index in [1.807, 2.05) is 31.2 Å². The lowest BCUT2D eigenvalue weighted by molar-refractivity contribution is -0.139. The Morgan fingerprint density at radius 3 is 3.00 bits per heavy atom. The standard InChI is InChI=1S/C15H18BrN3O3/c1-2-4-12(15(20)21)17-9-14-18-13(19-22-14)8-10-5-3-6-11(16)7-10/h3,5-7,12,17H,2,4,8-9H2,1H3,(H,20,21). The van der Waals surface area contributed by atoms with Gasteiger partial charge in [-0.3, -0.25) is 10.1 Å². The SMILES string of the molecule is CCCC(NCc1nc(Cc2cccc(Br)c2)no1)C(=O)O. The van der Waals surface area contributed by atoms with Crippen molar-refractivity contribution >= 4 is 21.9 Å². The molecule has 0 amide bonds. The largest absolute Gasteiger partial charge is 0.480 e. The van der Waals surface area contributed by atoms with Crippen LogP contribution < -0.4 is 5.32 Å². The first-order valence-corrected chi connectivity index (χ1v) is 7.90. The minimum Gasteiger partial charge on any atom is -0.480 e. The zero-order valence-corrected chi connectivity index (χ0v) is 13.8. The lowest BCUT2D eigenvalue weighted by Crippen LogP contribution is -2.36. The second-order valence-corrected chi connectivity index (χ2v) is 5.89. The Hall–Kier alpha value is -1.73. The number of rotatable bonds is 8. The van der Waals surface area contributed by atoms with Crippen LogP contribution in [-0.4, -0.2) is 27.3 Å². The molecule has 0 spiro atoms. The van der Waals surface area contributed by atoms with Crippen LogP contribution in [0.25, 0.3) is 0 Å². The van der Waals surface area contributed by atoms with Crippen LogP contribution in [0.15, 0.2) is 33.3 Å². The Balaban J connectivity index is 1.92. The molecule has 0 fully saturated rings. The number of halogens is 1. The summed E-state index contributed by atoms with van der Waals surface area (Å²) in [6.45, 7) is 2.20. The number of carboxylic acids is 1. The summed E-state index contributed by atoms with van der Waals surface area (Å²) >= 11 is 3.42. The Bertz CT molecular complexity index is 630. The van der Waals surface area contributed by atoms with Crippen LogP contribution in [0, 0.1) is 0 Å². The van der Waals surface area contributed by atoms with Crippen LogP contribution in [0.1, 0.15) is 37.0 Å². The third-order valence-electron chi connectivity index (χ3n) is 3.14. The highest BCUT2D eigenvalue weighted by Gasteiger charge is 2.17. The third-order valence-corrected chi connectivity index (χ3v) is 3.63. The van der Waals surface area contributed by atoms with Gasteiger partial charge in [0.15, 0.2) is 5.82 Å². The predicted molar refractivity (Wildman–Crippen MR) is 84.4 cm³/mol. The molecule has 2 N–H and O–H groups in total. The molecule has 0 radical (unpaired) electrons. The maximum Gasteiger partial charge on any atom is 0.320 e. The van der Waals surface area contributed by atoms with Crippen molar-refractivity contribution in [3.63, 3.8) is 0 Å². The van der Waals surface area contributed by atoms with Crippen LogP contribution in [0.4, 0.5) is 0 Å². The summed E-state index contributed by atoms with van der Waals surface area (Å²) in [4.78, 5) is 15.3. The molecule has 2 aromatic rings. The van der Waals surface area contributed by atoms with Crippen LogP contribution in [-0.2, 0) is 17.8 Å². The van der Waals surface area contributed by atoms with Gasteiger partial charge in [0, 0.05) is 10.9 Å². The number of nitrogens with one attached hydrogen (secondary N) is 1. The Morgan fingerprint density at radius 1 is 1.50 bits per heavy atom. The average Bonchev–Trinajstić information content (AvgIpc) is 2.90. The Kier molecular flexibility index (Phi) is 6.09. The molecule has 1 aromatic carbocycles. The molecule has 0 aliphatic heterocycles. The first kappa shape index (κ1) is 16.6. The molecule has 2 rings (SSSR count). The molecule has 0 saturated carbocycles. The quantitative estimate of drug-likeness (QED) is 0.745. The lowest BCUT2D eigenvalue weighted by Gasteiger charge is -2.11. The topological polar surface area (TPSA) is 88.3 Å². The highest BCUT2D eigenvalue weighted by Crippen LogP contribution is 2.14. The second kappa shape index (κ2) is 8.05. The Morgan fingerprint density at radius 2 is 2.32 bits per heavy atom. The molecule has 1 atom stereocenters. The van der Waals surface area contributed by atoms with Gasteiger partial charge in [-0.05, 0) is 24.1 Å². The van der Waals surface area contributed by atoms with Crippen molar-refractivity contribution in [3.05, 3.63) is 46.0 Å². The van der Waals surface area contributed by atoms with Crippen LogP contribution in [0.2, 0.25) is 0 Å². The lowest BCUT2D eigenvalue weighted by atomic mass is 10.1. The van der Waals surface area contributed by atoms with E-state index in [2.05, 4.69) is 31.4 Å². The summed E-state index contributed by atoms with van der Waals surface area (Å²) in [6, 6.07) is 7.29. The molecule has 22 heavy (non-hydrogen) atoms. The molecule has 7 heteroatoms. The van der Waals surface area contributed by atoms with E-state index in [4.69, 9.17) is 9.63 Å². The zero-order valence-electron chi connectivity index (χ0n) is 12.3. The molecule has 0 aliphatic carbocycles. The Labute approximate surface area is 137 Å². The predicted octanol–water partition coefficient (Wildman–Crippen LogP) is 2.77. The first-order valence-electron chi connectivity index (χ1n) is 7.10. The highest BCUT2D eigenvalue weighted by molar-refractivity contribution is 9.10. The van der Waals surface area contributed by atoms with Crippen molar-refractivity contribution in [2.75, 3.05) is 0 Å². The summed E-state index contributed by atoms with van der Waals surface area (Å²) in [5.41, 5.74) is 1.07. The number of hydrogen-bond acceptors (Lipinski definition) is 5. The summed E-state index contributed by atoms with van der Waals surface area (Å²) in [6.07, 6.45) is 1.93. The molecule has 0 bridgehead atoms. The molecule has 1 aromatic heterocycles. The van der Waals surface area contributed by atoms with E-state index >= 15 is 0 Å². The van der Waals surface area contributed by atoms with Gasteiger partial charge in [-0.1, -0.05) is 46.6 Å². The van der Waals surface area contributed by atoms with Crippen molar-refractivity contribution in [2.24, 2.45) is 0 Å². The molecule has 6 nitrogen and oxygen atoms in total. The van der Waals surface area contributed by atoms with Gasteiger partial charge < -0.3 is 9.63 Å². The summed E-state index contributed by atoms with van der Waals surface area (Å²) in [5, 5.41) is 15.9. The average molecular weight is 368 g/mol. The van der Waals surface area contributed by atoms with Crippen LogP contribution in [0.3, 0.4) is 0 Å². The minimum absolute atomic E-state index is 0.252. The van der Waals surface area contributed by atoms with Crippen molar-refractivity contribution in [1.29, 1.82) is 0 Å². The zero-order chi connectivity index (χ0) is 15.9. The van der Waals surface area contributed by atoms with Gasteiger partial charge in [-0.2, -0.15) is 4.98 Å². The third kappa shape index (κ3) is 4.92. The second-order valence-electron chi connectivity index (χ2n) is 4.97. The van der Waals surface area contributed by atoms with E-state index in [-0.39, 0.29) is 6.54 Å². The van der Waals surface area contributed by atoms with Gasteiger partial charge in [0.1, 0.15) is 6.04 Å². The van der Waals surface area contributed by atoms with E-state index in [9.17, 15) is 4.79 Å². The van der Waals surface area contributed by atoms with Crippen molar-refractivity contribution in [3.8, 4) is 0 Å². The summed E-state index contributed by atoms with van der Waals surface area (Å²) < 4.78 is 6.15. The number of aromatic nitrogens is 2. The summed E-state index contributed by atoms with van der Waals surface area (Å²) in [5.74, 6) is 0.111. The fourth-order valence-corrected chi connectivity index (χ4v) is 2.52. The number of carboxylic acid groups (broad SMARTS) is 1. The number of hydrogen-bond donors (Lipinski definition) is 2. The molecule has 0 saturated heterocycles. The smallest absolute Gasteiger partial charge is 0.320 e. The molecule has 0 aliphatic rings. The van der Waals surface area contributed by atoms with E-state index < -0.39 is 12.0 Å². The maximum absolute atomic E-state index is 11.1. The molecule has 1 heterocycles. The fourth-order valence-electron chi connectivity index (χ4n) is 2.08. The number of nitrogens with zero attached hydrogens (tertiary/aromatic N) is 2. The van der Waals surface area contributed by atoms with Gasteiger partial charge in [0.05, 0.1) is 6.54 Å². The minimum atomic E-state index is -0.865. The fraction of sp³-hybridized carbons (Fsp3) is 0.400. The molecule has 1 unspecified atom stereocenters. The first-order chi connectivity index (χ1) is 10.6. The van der Waals surface area contributed by atoms with E-state index in [0.717, 1.165) is 16.5 Å². The van der Waals surface area contributed by atoms with Gasteiger partial charge in [0.25, 0.3) is 0 Å². The van der Waals surface area contributed by atoms with Crippen molar-refractivity contribution in [1.82, 2.24) is 15.5 Å². The van der Waals surface area contributed by atoms with Gasteiger partial charge >= 0.3 is 5.97 Å². The van der Waals surface area contributed by atoms with Crippen LogP contribution >= 0.6 is 15.9 Å². The molecular weight excluding hydrogens is 350 g/mol. The number of benzene rings is 1. The normalized spacial score (nSPS) is 12.3. The molecular formula is C15H18BrN3O3. The molecule has 118 valence electrons. The van der Waals surface area contributed by atoms with E-state index in [0.29, 0.717) is 24.6 Å². The van der Waals surface area contributed by atoms with Crippen LogP contribution in [0.5, 0.6) is 0 Å². The summed E-state index contributed by atoms with van der Waals surface area (Å²) in [7, 11) is 0. The number of carbonyl (C=O) groups is 1. The van der Waals surface area contributed by atoms with E-state index in [1.165, 1.54) is 0 Å². The van der Waals surface area contributed by atoms with E-state index in [1.54, 1.807) is 0 Å². The maximum atomic E-state index is 11.1. The highest BCUT2D eigenvalue weighted by atomic mass is 79.9. The van der Waals surface area contributed by atoms with Crippen molar-refractivity contribution in [2.45, 2.75) is 38.8 Å². The number of aliphatic carboxylic acids is 1.